The second-order valence-corrected chi connectivity index (χ2v) is 8.30. The molecule has 156 valence electrons. The fourth-order valence-electron chi connectivity index (χ4n) is 3.37. The molecule has 0 radical (unpaired) electrons. The second kappa shape index (κ2) is 8.02. The molecule has 0 bridgehead atoms. The van der Waals surface area contributed by atoms with E-state index in [4.69, 9.17) is 0 Å². The highest BCUT2D eigenvalue weighted by Gasteiger charge is 2.19. The van der Waals surface area contributed by atoms with Crippen LogP contribution in [0.25, 0.3) is 23.3 Å². The van der Waals surface area contributed by atoms with Crippen molar-refractivity contribution >= 4 is 12.2 Å². The van der Waals surface area contributed by atoms with E-state index in [9.17, 15) is 9.59 Å². The summed E-state index contributed by atoms with van der Waals surface area (Å²) in [6.45, 7) is 6.13. The lowest BCUT2D eigenvalue weighted by molar-refractivity contribution is 0.571. The predicted molar refractivity (Wildman–Crippen MR) is 121 cm³/mol. The van der Waals surface area contributed by atoms with Crippen molar-refractivity contribution in [3.63, 3.8) is 0 Å². The normalized spacial score (nSPS) is 13.0. The Kier molecular flexibility index (Phi) is 5.25. The Labute approximate surface area is 178 Å². The van der Waals surface area contributed by atoms with Gasteiger partial charge >= 0.3 is 0 Å². The van der Waals surface area contributed by atoms with E-state index in [-0.39, 0.29) is 27.2 Å². The van der Waals surface area contributed by atoms with E-state index in [0.29, 0.717) is 5.69 Å². The zero-order valence-electron chi connectivity index (χ0n) is 17.6. The zero-order valence-corrected chi connectivity index (χ0v) is 17.6. The lowest BCUT2D eigenvalue weighted by Gasteiger charge is -2.16. The van der Waals surface area contributed by atoms with Crippen LogP contribution in [-0.2, 0) is 5.41 Å². The van der Waals surface area contributed by atoms with Crippen molar-refractivity contribution in [2.24, 2.45) is 0 Å². The first-order valence-corrected chi connectivity index (χ1v) is 9.92. The van der Waals surface area contributed by atoms with Crippen molar-refractivity contribution < 1.29 is 0 Å². The molecule has 0 saturated carbocycles. The van der Waals surface area contributed by atoms with Gasteiger partial charge in [-0.15, -0.1) is 0 Å². The van der Waals surface area contributed by atoms with E-state index in [0.717, 1.165) is 22.4 Å². The molecular weight excluding hydrogens is 390 g/mol. The van der Waals surface area contributed by atoms with Crippen molar-refractivity contribution in [1.82, 2.24) is 24.9 Å². The molecular formula is C24H23N5O2. The van der Waals surface area contributed by atoms with Gasteiger partial charge in [0, 0.05) is 23.5 Å². The van der Waals surface area contributed by atoms with E-state index in [1.165, 1.54) is 0 Å². The molecule has 0 fully saturated rings. The minimum atomic E-state index is -0.390. The number of benzene rings is 1. The van der Waals surface area contributed by atoms with Crippen LogP contribution in [0.2, 0.25) is 0 Å². The minimum absolute atomic E-state index is 0.158. The molecule has 0 unspecified atom stereocenters. The molecule has 0 atom stereocenters. The lowest BCUT2D eigenvalue weighted by atomic mass is 9.90. The van der Waals surface area contributed by atoms with Crippen LogP contribution in [-0.4, -0.2) is 24.9 Å². The zero-order chi connectivity index (χ0) is 22.0. The molecule has 4 aromatic rings. The van der Waals surface area contributed by atoms with Crippen LogP contribution in [0.5, 0.6) is 0 Å². The van der Waals surface area contributed by atoms with Crippen LogP contribution in [0.1, 0.15) is 37.7 Å². The van der Waals surface area contributed by atoms with Crippen LogP contribution in [0.3, 0.4) is 0 Å². The fourth-order valence-corrected chi connectivity index (χ4v) is 3.37. The molecule has 31 heavy (non-hydrogen) atoms. The molecule has 7 heteroatoms. The van der Waals surface area contributed by atoms with Gasteiger partial charge in [-0.2, -0.15) is 0 Å². The quantitative estimate of drug-likeness (QED) is 0.476. The number of aromatic nitrogens is 5. The summed E-state index contributed by atoms with van der Waals surface area (Å²) in [5, 5.41) is 0.345. The average molecular weight is 413 g/mol. The maximum atomic E-state index is 12.6. The molecule has 0 saturated heterocycles. The third-order valence-electron chi connectivity index (χ3n) is 4.90. The molecule has 7 nitrogen and oxygen atoms in total. The van der Waals surface area contributed by atoms with Crippen LogP contribution < -0.4 is 21.8 Å². The summed E-state index contributed by atoms with van der Waals surface area (Å²) in [6.07, 6.45) is 8.28. The molecule has 3 heterocycles. The van der Waals surface area contributed by atoms with Crippen molar-refractivity contribution in [2.75, 3.05) is 0 Å². The van der Waals surface area contributed by atoms with E-state index in [1.54, 1.807) is 30.9 Å². The van der Waals surface area contributed by atoms with E-state index in [1.807, 2.05) is 57.2 Å². The summed E-state index contributed by atoms with van der Waals surface area (Å²) in [6, 6.07) is 11.5. The van der Waals surface area contributed by atoms with Gasteiger partial charge in [-0.05, 0) is 47.0 Å². The smallest absolute Gasteiger partial charge is 0.272 e. The van der Waals surface area contributed by atoms with Gasteiger partial charge in [-0.3, -0.25) is 14.6 Å². The van der Waals surface area contributed by atoms with Crippen molar-refractivity contribution in [3.8, 4) is 11.1 Å². The summed E-state index contributed by atoms with van der Waals surface area (Å²) >= 11 is 0. The Morgan fingerprint density at radius 1 is 0.871 bits per heavy atom. The largest absolute Gasteiger partial charge is 0.348 e. The summed E-state index contributed by atoms with van der Waals surface area (Å²) in [5.41, 5.74) is 3.37. The van der Waals surface area contributed by atoms with E-state index < -0.39 is 0 Å². The highest BCUT2D eigenvalue weighted by atomic mass is 16.1. The number of hydrogen-bond donors (Lipinski definition) is 3. The van der Waals surface area contributed by atoms with Gasteiger partial charge in [0.2, 0.25) is 0 Å². The van der Waals surface area contributed by atoms with E-state index in [2.05, 4.69) is 24.9 Å². The Bertz CT molecular complexity index is 1450. The molecule has 0 amide bonds. The van der Waals surface area contributed by atoms with Gasteiger partial charge in [-0.25, -0.2) is 4.98 Å². The lowest BCUT2D eigenvalue weighted by Crippen LogP contribution is -2.46. The van der Waals surface area contributed by atoms with Gasteiger partial charge < -0.3 is 15.0 Å². The fraction of sp³-hybridized carbons (Fsp3) is 0.167. The summed E-state index contributed by atoms with van der Waals surface area (Å²) < 4.78 is 0. The Morgan fingerprint density at radius 3 is 2.23 bits per heavy atom. The summed E-state index contributed by atoms with van der Waals surface area (Å²) in [4.78, 5) is 42.1. The number of rotatable bonds is 3. The Morgan fingerprint density at radius 2 is 1.55 bits per heavy atom. The third kappa shape index (κ3) is 4.45. The molecule has 0 aliphatic rings. The van der Waals surface area contributed by atoms with Crippen LogP contribution >= 0.6 is 0 Å². The SMILES string of the molecule is CC(C)(C)c1[nH]cnc1/C=c1\[nH]c(=O)/c(=C/c2cccc(-c3ccncc3)c2)[nH]c1=O. The van der Waals surface area contributed by atoms with Crippen molar-refractivity contribution in [1.29, 1.82) is 0 Å². The highest BCUT2D eigenvalue weighted by molar-refractivity contribution is 5.66. The van der Waals surface area contributed by atoms with Gasteiger partial charge in [-0.1, -0.05) is 39.0 Å². The number of nitrogens with one attached hydrogen (secondary N) is 3. The van der Waals surface area contributed by atoms with Crippen molar-refractivity contribution in [2.45, 2.75) is 26.2 Å². The number of pyridine rings is 1. The van der Waals surface area contributed by atoms with Gasteiger partial charge in [0.05, 0.1) is 12.0 Å². The van der Waals surface area contributed by atoms with E-state index >= 15 is 0 Å². The molecule has 0 spiro atoms. The molecule has 1 aromatic carbocycles. The number of aromatic amines is 3. The van der Waals surface area contributed by atoms with Crippen molar-refractivity contribution in [3.05, 3.63) is 103 Å². The Hall–Kier alpha value is -4.00. The monoisotopic (exact) mass is 413 g/mol. The van der Waals surface area contributed by atoms with Crippen LogP contribution in [0, 0.1) is 0 Å². The van der Waals surface area contributed by atoms with Crippen LogP contribution in [0.4, 0.5) is 0 Å². The maximum absolute atomic E-state index is 12.6. The number of H-pyrrole nitrogens is 3. The second-order valence-electron chi connectivity index (χ2n) is 8.30. The standard InChI is InChI=1S/C24H23N5O2/c1-24(2,3)21-18(26-14-27-21)13-20-23(31)28-19(22(30)29-20)12-15-5-4-6-17(11-15)16-7-9-25-10-8-16/h4-14H,1-3H3,(H,26,27)(H,28,31)(H,29,30)/b19-12-,20-13-. The molecule has 0 aliphatic heterocycles. The number of nitrogens with zero attached hydrogens (tertiary/aromatic N) is 2. The maximum Gasteiger partial charge on any atom is 0.272 e. The first-order valence-electron chi connectivity index (χ1n) is 9.92. The topological polar surface area (TPSA) is 107 Å². The molecule has 3 aromatic heterocycles. The van der Waals surface area contributed by atoms with Crippen LogP contribution in [0.15, 0.2) is 64.7 Å². The molecule has 0 aliphatic carbocycles. The van der Waals surface area contributed by atoms with Gasteiger partial charge in [0.1, 0.15) is 10.7 Å². The highest BCUT2D eigenvalue weighted by Crippen LogP contribution is 2.23. The first-order chi connectivity index (χ1) is 14.8. The third-order valence-corrected chi connectivity index (χ3v) is 4.90. The number of hydrogen-bond acceptors (Lipinski definition) is 4. The van der Waals surface area contributed by atoms with Gasteiger partial charge in [0.25, 0.3) is 11.1 Å². The molecule has 4 rings (SSSR count). The summed E-state index contributed by atoms with van der Waals surface area (Å²) in [7, 11) is 0. The number of imidazole rings is 1. The average Bonchev–Trinajstić information content (AvgIpc) is 3.21. The summed E-state index contributed by atoms with van der Waals surface area (Å²) in [5.74, 6) is 0. The first kappa shape index (κ1) is 20.3. The van der Waals surface area contributed by atoms with Gasteiger partial charge in [0.15, 0.2) is 0 Å². The molecule has 3 N–H and O–H groups in total. The minimum Gasteiger partial charge on any atom is -0.348 e. The Balaban J connectivity index is 1.77. The predicted octanol–water partition coefficient (Wildman–Crippen LogP) is 1.80.